The summed E-state index contributed by atoms with van der Waals surface area (Å²) >= 11 is 0. The molecule has 1 heterocycles. The molecule has 0 bridgehead atoms. The van der Waals surface area contributed by atoms with Crippen molar-refractivity contribution >= 4 is 5.91 Å². The van der Waals surface area contributed by atoms with Crippen LogP contribution in [0.15, 0.2) is 24.3 Å². The van der Waals surface area contributed by atoms with Gasteiger partial charge in [-0.25, -0.2) is 4.39 Å². The first-order valence-electron chi connectivity index (χ1n) is 8.31. The second-order valence-corrected chi connectivity index (χ2v) is 6.44. The third-order valence-electron chi connectivity index (χ3n) is 4.47. The summed E-state index contributed by atoms with van der Waals surface area (Å²) in [6, 6.07) is 6.78. The zero-order chi connectivity index (χ0) is 15.9. The second kappa shape index (κ2) is 8.28. The summed E-state index contributed by atoms with van der Waals surface area (Å²) < 4.78 is 13.8. The van der Waals surface area contributed by atoms with Crippen LogP contribution < -0.4 is 5.32 Å². The van der Waals surface area contributed by atoms with Crippen molar-refractivity contribution < 1.29 is 9.18 Å². The lowest BCUT2D eigenvalue weighted by molar-refractivity contribution is -0.134. The predicted octanol–water partition coefficient (Wildman–Crippen LogP) is 3.34. The molecule has 1 saturated heterocycles. The van der Waals surface area contributed by atoms with Crippen LogP contribution in [0.2, 0.25) is 0 Å². The molecule has 4 heteroatoms. The van der Waals surface area contributed by atoms with Crippen LogP contribution in [0.1, 0.15) is 45.1 Å². The van der Waals surface area contributed by atoms with Gasteiger partial charge in [-0.1, -0.05) is 18.2 Å². The highest BCUT2D eigenvalue weighted by atomic mass is 19.1. The van der Waals surface area contributed by atoms with Crippen LogP contribution in [0, 0.1) is 11.7 Å². The van der Waals surface area contributed by atoms with Gasteiger partial charge in [-0.15, -0.1) is 0 Å². The minimum Gasteiger partial charge on any atom is -0.336 e. The molecule has 122 valence electrons. The summed E-state index contributed by atoms with van der Waals surface area (Å²) in [6.45, 7) is 6.45. The van der Waals surface area contributed by atoms with Crippen molar-refractivity contribution in [3.63, 3.8) is 0 Å². The van der Waals surface area contributed by atoms with E-state index in [0.717, 1.165) is 32.4 Å². The Bertz CT molecular complexity index is 484. The monoisotopic (exact) mass is 306 g/mol. The van der Waals surface area contributed by atoms with E-state index in [2.05, 4.69) is 5.32 Å². The Balaban J connectivity index is 1.92. The molecule has 0 saturated carbocycles. The maximum atomic E-state index is 13.8. The average Bonchev–Trinajstić information content (AvgIpc) is 2.52. The number of benzene rings is 1. The van der Waals surface area contributed by atoms with Crippen molar-refractivity contribution in [2.24, 2.45) is 5.92 Å². The molecule has 0 atom stereocenters. The Morgan fingerprint density at radius 1 is 1.32 bits per heavy atom. The van der Waals surface area contributed by atoms with Gasteiger partial charge in [0.15, 0.2) is 0 Å². The van der Waals surface area contributed by atoms with Gasteiger partial charge in [0.2, 0.25) is 5.91 Å². The third kappa shape index (κ3) is 4.80. The van der Waals surface area contributed by atoms with Gasteiger partial charge in [-0.3, -0.25) is 4.79 Å². The highest BCUT2D eigenvalue weighted by Crippen LogP contribution is 2.20. The van der Waals surface area contributed by atoms with E-state index < -0.39 is 0 Å². The van der Waals surface area contributed by atoms with Crippen LogP contribution in [0.25, 0.3) is 0 Å². The molecular formula is C18H27FN2O. The lowest BCUT2D eigenvalue weighted by Gasteiger charge is -2.28. The fourth-order valence-electron chi connectivity index (χ4n) is 3.01. The first-order valence-corrected chi connectivity index (χ1v) is 8.31. The molecule has 0 aliphatic carbocycles. The number of carbonyl (C=O) groups is 1. The second-order valence-electron chi connectivity index (χ2n) is 6.44. The number of hydrogen-bond acceptors (Lipinski definition) is 2. The number of halogens is 1. The number of rotatable bonds is 6. The van der Waals surface area contributed by atoms with Gasteiger partial charge in [-0.05, 0) is 58.2 Å². The van der Waals surface area contributed by atoms with Gasteiger partial charge >= 0.3 is 0 Å². The third-order valence-corrected chi connectivity index (χ3v) is 4.47. The maximum Gasteiger partial charge on any atom is 0.223 e. The quantitative estimate of drug-likeness (QED) is 0.874. The van der Waals surface area contributed by atoms with Crippen LogP contribution in [0.3, 0.4) is 0 Å². The van der Waals surface area contributed by atoms with Gasteiger partial charge < -0.3 is 10.2 Å². The first kappa shape index (κ1) is 16.9. The Morgan fingerprint density at radius 3 is 2.64 bits per heavy atom. The Labute approximate surface area is 132 Å². The minimum absolute atomic E-state index is 0.0835. The maximum absolute atomic E-state index is 13.8. The molecule has 1 aliphatic rings. The van der Waals surface area contributed by atoms with Crippen molar-refractivity contribution in [3.8, 4) is 0 Å². The van der Waals surface area contributed by atoms with Crippen LogP contribution in [0.4, 0.5) is 4.39 Å². The Morgan fingerprint density at radius 2 is 2.00 bits per heavy atom. The smallest absolute Gasteiger partial charge is 0.223 e. The standard InChI is InChI=1S/C18H27FN2O/c1-14(2)21(13-16-5-3-4-6-17(16)19)18(22)8-7-15-9-11-20-12-10-15/h3-6,14-15,20H,7-13H2,1-2H3. The number of nitrogens with one attached hydrogen (secondary N) is 1. The van der Waals surface area contributed by atoms with Crippen LogP contribution in [0.5, 0.6) is 0 Å². The lowest BCUT2D eigenvalue weighted by atomic mass is 9.93. The predicted molar refractivity (Wildman–Crippen MR) is 86.9 cm³/mol. The van der Waals surface area contributed by atoms with Crippen molar-refractivity contribution in [2.45, 2.75) is 52.1 Å². The molecule has 2 rings (SSSR count). The molecule has 1 aromatic carbocycles. The molecule has 3 nitrogen and oxygen atoms in total. The van der Waals surface area contributed by atoms with Crippen LogP contribution >= 0.6 is 0 Å². The fraction of sp³-hybridized carbons (Fsp3) is 0.611. The largest absolute Gasteiger partial charge is 0.336 e. The van der Waals surface area contributed by atoms with E-state index in [0.29, 0.717) is 24.4 Å². The van der Waals surface area contributed by atoms with Crippen LogP contribution in [-0.2, 0) is 11.3 Å². The van der Waals surface area contributed by atoms with Gasteiger partial charge in [0.1, 0.15) is 5.82 Å². The molecule has 1 fully saturated rings. The Kier molecular flexibility index (Phi) is 6.37. The molecule has 0 aromatic heterocycles. The lowest BCUT2D eigenvalue weighted by Crippen LogP contribution is -2.37. The van der Waals surface area contributed by atoms with Crippen molar-refractivity contribution in [2.75, 3.05) is 13.1 Å². The average molecular weight is 306 g/mol. The number of hydrogen-bond donors (Lipinski definition) is 1. The van der Waals surface area contributed by atoms with E-state index >= 15 is 0 Å². The molecule has 0 unspecified atom stereocenters. The zero-order valence-corrected chi connectivity index (χ0v) is 13.6. The normalized spacial score (nSPS) is 16.0. The highest BCUT2D eigenvalue weighted by Gasteiger charge is 2.21. The number of nitrogens with zero attached hydrogens (tertiary/aromatic N) is 1. The van der Waals surface area contributed by atoms with Crippen molar-refractivity contribution in [1.82, 2.24) is 10.2 Å². The fourth-order valence-corrected chi connectivity index (χ4v) is 3.01. The molecule has 1 aromatic rings. The highest BCUT2D eigenvalue weighted by molar-refractivity contribution is 5.76. The SMILES string of the molecule is CC(C)N(Cc1ccccc1F)C(=O)CCC1CCNCC1. The van der Waals surface area contributed by atoms with E-state index in [4.69, 9.17) is 0 Å². The van der Waals surface area contributed by atoms with Gasteiger partial charge in [0.05, 0.1) is 0 Å². The summed E-state index contributed by atoms with van der Waals surface area (Å²) in [4.78, 5) is 14.3. The van der Waals surface area contributed by atoms with E-state index in [9.17, 15) is 9.18 Å². The number of carbonyl (C=O) groups excluding carboxylic acids is 1. The number of amides is 1. The van der Waals surface area contributed by atoms with Crippen LogP contribution in [-0.4, -0.2) is 29.9 Å². The van der Waals surface area contributed by atoms with E-state index in [1.54, 1.807) is 17.0 Å². The summed E-state index contributed by atoms with van der Waals surface area (Å²) in [7, 11) is 0. The molecule has 0 spiro atoms. The molecule has 1 amide bonds. The summed E-state index contributed by atoms with van der Waals surface area (Å²) in [6.07, 6.45) is 3.82. The minimum atomic E-state index is -0.237. The summed E-state index contributed by atoms with van der Waals surface area (Å²) in [5.41, 5.74) is 0.589. The van der Waals surface area contributed by atoms with Gasteiger partial charge in [-0.2, -0.15) is 0 Å². The van der Waals surface area contributed by atoms with E-state index in [-0.39, 0.29) is 17.8 Å². The topological polar surface area (TPSA) is 32.3 Å². The molecular weight excluding hydrogens is 279 g/mol. The molecule has 1 aliphatic heterocycles. The first-order chi connectivity index (χ1) is 10.6. The zero-order valence-electron chi connectivity index (χ0n) is 13.6. The van der Waals surface area contributed by atoms with Gasteiger partial charge in [0.25, 0.3) is 0 Å². The molecule has 1 N–H and O–H groups in total. The molecule has 0 radical (unpaired) electrons. The van der Waals surface area contributed by atoms with E-state index in [1.165, 1.54) is 6.07 Å². The van der Waals surface area contributed by atoms with Crippen molar-refractivity contribution in [1.29, 1.82) is 0 Å². The van der Waals surface area contributed by atoms with Crippen molar-refractivity contribution in [3.05, 3.63) is 35.6 Å². The molecule has 22 heavy (non-hydrogen) atoms. The Hall–Kier alpha value is -1.42. The summed E-state index contributed by atoms with van der Waals surface area (Å²) in [5, 5.41) is 3.35. The van der Waals surface area contributed by atoms with E-state index in [1.807, 2.05) is 19.9 Å². The van der Waals surface area contributed by atoms with Gasteiger partial charge in [0, 0.05) is 24.6 Å². The number of piperidine rings is 1. The summed E-state index contributed by atoms with van der Waals surface area (Å²) in [5.74, 6) is 0.545.